The molecule has 0 amide bonds. The zero-order chi connectivity index (χ0) is 11.7. The molecule has 0 saturated heterocycles. The maximum Gasteiger partial charge on any atom is 0.0375 e. The predicted octanol–water partition coefficient (Wildman–Crippen LogP) is 2.93. The van der Waals surface area contributed by atoms with Crippen LogP contribution in [0, 0.1) is 5.92 Å². The fourth-order valence-corrected chi connectivity index (χ4v) is 3.07. The molecular formula is C15H22N2. The highest BCUT2D eigenvalue weighted by Gasteiger charge is 2.24. The van der Waals surface area contributed by atoms with Crippen molar-refractivity contribution in [1.29, 1.82) is 0 Å². The van der Waals surface area contributed by atoms with Crippen molar-refractivity contribution in [1.82, 2.24) is 5.32 Å². The molecule has 1 aliphatic carbocycles. The summed E-state index contributed by atoms with van der Waals surface area (Å²) in [6.45, 7) is 4.51. The number of anilines is 1. The van der Waals surface area contributed by atoms with Crippen LogP contribution in [0.4, 0.5) is 5.69 Å². The van der Waals surface area contributed by atoms with Crippen molar-refractivity contribution >= 4 is 5.69 Å². The Morgan fingerprint density at radius 1 is 1.35 bits per heavy atom. The van der Waals surface area contributed by atoms with Crippen molar-refractivity contribution in [2.75, 3.05) is 11.9 Å². The SMILES string of the molecule is CC1CC(NCc2cccc3c2CCCN3)C1. The van der Waals surface area contributed by atoms with Crippen LogP contribution in [-0.4, -0.2) is 12.6 Å². The topological polar surface area (TPSA) is 24.1 Å². The lowest BCUT2D eigenvalue weighted by Gasteiger charge is -2.34. The highest BCUT2D eigenvalue weighted by Crippen LogP contribution is 2.28. The molecule has 92 valence electrons. The molecule has 1 aromatic rings. The summed E-state index contributed by atoms with van der Waals surface area (Å²) in [5.74, 6) is 0.929. The Hall–Kier alpha value is -1.02. The van der Waals surface area contributed by atoms with Gasteiger partial charge in [0.05, 0.1) is 0 Å². The normalized spacial score (nSPS) is 26.9. The number of hydrogen-bond donors (Lipinski definition) is 2. The van der Waals surface area contributed by atoms with E-state index < -0.39 is 0 Å². The predicted molar refractivity (Wildman–Crippen MR) is 72.3 cm³/mol. The van der Waals surface area contributed by atoms with Gasteiger partial charge in [-0.05, 0) is 48.8 Å². The first kappa shape index (κ1) is 11.1. The Labute approximate surface area is 104 Å². The quantitative estimate of drug-likeness (QED) is 0.834. The first-order valence-electron chi connectivity index (χ1n) is 6.91. The van der Waals surface area contributed by atoms with Crippen LogP contribution in [0.3, 0.4) is 0 Å². The van der Waals surface area contributed by atoms with Crippen molar-refractivity contribution in [3.63, 3.8) is 0 Å². The van der Waals surface area contributed by atoms with Crippen LogP contribution >= 0.6 is 0 Å². The van der Waals surface area contributed by atoms with Crippen LogP contribution in [0.25, 0.3) is 0 Å². The Morgan fingerprint density at radius 3 is 3.06 bits per heavy atom. The third-order valence-corrected chi connectivity index (χ3v) is 4.15. The molecule has 3 rings (SSSR count). The summed E-state index contributed by atoms with van der Waals surface area (Å²) >= 11 is 0. The summed E-state index contributed by atoms with van der Waals surface area (Å²) in [5.41, 5.74) is 4.39. The zero-order valence-corrected chi connectivity index (χ0v) is 10.6. The van der Waals surface area contributed by atoms with E-state index in [1.54, 1.807) is 5.56 Å². The smallest absolute Gasteiger partial charge is 0.0375 e. The molecule has 2 heteroatoms. The summed E-state index contributed by atoms with van der Waals surface area (Å²) in [7, 11) is 0. The monoisotopic (exact) mass is 230 g/mol. The molecule has 1 heterocycles. The first-order valence-corrected chi connectivity index (χ1v) is 6.91. The fraction of sp³-hybridized carbons (Fsp3) is 0.600. The van der Waals surface area contributed by atoms with Gasteiger partial charge in [-0.2, -0.15) is 0 Å². The molecule has 0 bridgehead atoms. The molecule has 0 atom stereocenters. The van der Waals surface area contributed by atoms with Gasteiger partial charge in [-0.15, -0.1) is 0 Å². The molecular weight excluding hydrogens is 208 g/mol. The van der Waals surface area contributed by atoms with Gasteiger partial charge in [0.1, 0.15) is 0 Å². The lowest BCUT2D eigenvalue weighted by molar-refractivity contribution is 0.240. The van der Waals surface area contributed by atoms with E-state index in [-0.39, 0.29) is 0 Å². The van der Waals surface area contributed by atoms with Crippen molar-refractivity contribution in [2.24, 2.45) is 5.92 Å². The molecule has 1 saturated carbocycles. The van der Waals surface area contributed by atoms with Crippen LogP contribution in [-0.2, 0) is 13.0 Å². The third kappa shape index (κ3) is 2.32. The maximum atomic E-state index is 3.69. The van der Waals surface area contributed by atoms with Gasteiger partial charge in [0.15, 0.2) is 0 Å². The molecule has 1 aliphatic heterocycles. The van der Waals surface area contributed by atoms with E-state index >= 15 is 0 Å². The van der Waals surface area contributed by atoms with Gasteiger partial charge >= 0.3 is 0 Å². The minimum Gasteiger partial charge on any atom is -0.385 e. The number of rotatable bonds is 3. The third-order valence-electron chi connectivity index (χ3n) is 4.15. The molecule has 2 N–H and O–H groups in total. The lowest BCUT2D eigenvalue weighted by atomic mass is 9.82. The van der Waals surface area contributed by atoms with Gasteiger partial charge < -0.3 is 10.6 Å². The molecule has 1 aromatic carbocycles. The Balaban J connectivity index is 1.66. The standard InChI is InChI=1S/C15H22N2/c1-11-8-13(9-11)17-10-12-4-2-6-15-14(12)5-3-7-16-15/h2,4,6,11,13,16-17H,3,5,7-10H2,1H3. The minimum atomic E-state index is 0.761. The van der Waals surface area contributed by atoms with Crippen LogP contribution in [0.15, 0.2) is 18.2 Å². The van der Waals surface area contributed by atoms with E-state index in [1.807, 2.05) is 0 Å². The summed E-state index contributed by atoms with van der Waals surface area (Å²) in [5, 5.41) is 7.19. The molecule has 2 nitrogen and oxygen atoms in total. The Bertz CT molecular complexity index is 394. The number of benzene rings is 1. The molecule has 0 radical (unpaired) electrons. The van der Waals surface area contributed by atoms with Gasteiger partial charge in [0.25, 0.3) is 0 Å². The van der Waals surface area contributed by atoms with E-state index in [2.05, 4.69) is 35.8 Å². The van der Waals surface area contributed by atoms with E-state index in [9.17, 15) is 0 Å². The second kappa shape index (κ2) is 4.69. The molecule has 17 heavy (non-hydrogen) atoms. The second-order valence-electron chi connectivity index (χ2n) is 5.63. The summed E-state index contributed by atoms with van der Waals surface area (Å²) in [6, 6.07) is 7.43. The van der Waals surface area contributed by atoms with E-state index in [4.69, 9.17) is 0 Å². The van der Waals surface area contributed by atoms with Crippen molar-refractivity contribution in [3.8, 4) is 0 Å². The highest BCUT2D eigenvalue weighted by molar-refractivity contribution is 5.56. The molecule has 0 spiro atoms. The highest BCUT2D eigenvalue weighted by atomic mass is 14.9. The van der Waals surface area contributed by atoms with Crippen LogP contribution < -0.4 is 10.6 Å². The molecule has 0 unspecified atom stereocenters. The van der Waals surface area contributed by atoms with Crippen LogP contribution in [0.5, 0.6) is 0 Å². The van der Waals surface area contributed by atoms with Gasteiger partial charge in [-0.1, -0.05) is 19.1 Å². The fourth-order valence-electron chi connectivity index (χ4n) is 3.07. The first-order chi connectivity index (χ1) is 8.33. The summed E-state index contributed by atoms with van der Waals surface area (Å²) in [4.78, 5) is 0. The lowest BCUT2D eigenvalue weighted by Crippen LogP contribution is -2.39. The van der Waals surface area contributed by atoms with Crippen LogP contribution in [0.2, 0.25) is 0 Å². The minimum absolute atomic E-state index is 0.761. The second-order valence-corrected chi connectivity index (χ2v) is 5.63. The van der Waals surface area contributed by atoms with Gasteiger partial charge in [-0.25, -0.2) is 0 Å². The number of fused-ring (bicyclic) bond motifs is 1. The Kier molecular flexibility index (Phi) is 3.06. The molecule has 0 aromatic heterocycles. The van der Waals surface area contributed by atoms with Crippen LogP contribution in [0.1, 0.15) is 37.3 Å². The molecule has 2 aliphatic rings. The van der Waals surface area contributed by atoms with Crippen molar-refractivity contribution < 1.29 is 0 Å². The number of nitrogens with one attached hydrogen (secondary N) is 2. The average Bonchev–Trinajstić information content (AvgIpc) is 2.33. The largest absolute Gasteiger partial charge is 0.385 e. The van der Waals surface area contributed by atoms with E-state index in [1.165, 1.54) is 36.9 Å². The van der Waals surface area contributed by atoms with Gasteiger partial charge in [0.2, 0.25) is 0 Å². The molecule has 1 fully saturated rings. The average molecular weight is 230 g/mol. The van der Waals surface area contributed by atoms with Gasteiger partial charge in [0, 0.05) is 24.8 Å². The van der Waals surface area contributed by atoms with Crippen molar-refractivity contribution in [3.05, 3.63) is 29.3 Å². The van der Waals surface area contributed by atoms with E-state index in [0.717, 1.165) is 25.0 Å². The zero-order valence-electron chi connectivity index (χ0n) is 10.6. The summed E-state index contributed by atoms with van der Waals surface area (Å²) in [6.07, 6.45) is 5.21. The number of hydrogen-bond acceptors (Lipinski definition) is 2. The van der Waals surface area contributed by atoms with E-state index in [0.29, 0.717) is 0 Å². The summed E-state index contributed by atoms with van der Waals surface area (Å²) < 4.78 is 0. The maximum absolute atomic E-state index is 3.69. The van der Waals surface area contributed by atoms with Gasteiger partial charge in [-0.3, -0.25) is 0 Å². The Morgan fingerprint density at radius 2 is 2.24 bits per heavy atom. The van der Waals surface area contributed by atoms with Crippen molar-refractivity contribution in [2.45, 2.75) is 45.2 Å².